The van der Waals surface area contributed by atoms with Crippen molar-refractivity contribution in [3.63, 3.8) is 0 Å². The third-order valence-corrected chi connectivity index (χ3v) is 3.22. The largest absolute Gasteiger partial charge is 0.325 e. The Bertz CT molecular complexity index is 511. The summed E-state index contributed by atoms with van der Waals surface area (Å²) in [5, 5.41) is 2.51. The number of hydrogen-bond donors (Lipinski definition) is 1. The van der Waals surface area contributed by atoms with Gasteiger partial charge in [-0.15, -0.1) is 11.6 Å². The molecule has 0 fully saturated rings. The van der Waals surface area contributed by atoms with Crippen molar-refractivity contribution in [3.8, 4) is 0 Å². The SMILES string of the molecule is Cc1cc(NC(=O)CCl)cc(S(C)(=O)=O)c1. The highest BCUT2D eigenvalue weighted by atomic mass is 35.5. The van der Waals surface area contributed by atoms with E-state index >= 15 is 0 Å². The third-order valence-electron chi connectivity index (χ3n) is 1.88. The zero-order chi connectivity index (χ0) is 12.3. The third kappa shape index (κ3) is 3.50. The lowest BCUT2D eigenvalue weighted by molar-refractivity contribution is -0.113. The van der Waals surface area contributed by atoms with Gasteiger partial charge in [0.25, 0.3) is 0 Å². The topological polar surface area (TPSA) is 63.2 Å². The van der Waals surface area contributed by atoms with Crippen LogP contribution in [0.4, 0.5) is 5.69 Å². The van der Waals surface area contributed by atoms with Crippen LogP contribution in [0.5, 0.6) is 0 Å². The lowest BCUT2D eigenvalue weighted by atomic mass is 10.2. The average Bonchev–Trinajstić information content (AvgIpc) is 2.15. The van der Waals surface area contributed by atoms with Crippen molar-refractivity contribution in [2.24, 2.45) is 0 Å². The minimum atomic E-state index is -3.27. The summed E-state index contributed by atoms with van der Waals surface area (Å²) in [6.45, 7) is 1.75. The van der Waals surface area contributed by atoms with Crippen LogP contribution in [0.1, 0.15) is 5.56 Å². The molecule has 1 aromatic carbocycles. The molecule has 0 aliphatic heterocycles. The number of sulfone groups is 1. The highest BCUT2D eigenvalue weighted by molar-refractivity contribution is 7.90. The predicted molar refractivity (Wildman–Crippen MR) is 63.6 cm³/mol. The number of alkyl halides is 1. The van der Waals surface area contributed by atoms with Gasteiger partial charge in [0.05, 0.1) is 4.90 Å². The van der Waals surface area contributed by atoms with E-state index in [0.717, 1.165) is 11.8 Å². The fourth-order valence-electron chi connectivity index (χ4n) is 1.23. The van der Waals surface area contributed by atoms with Crippen LogP contribution in [0, 0.1) is 6.92 Å². The van der Waals surface area contributed by atoms with Crippen molar-refractivity contribution in [1.29, 1.82) is 0 Å². The zero-order valence-electron chi connectivity index (χ0n) is 8.95. The van der Waals surface area contributed by atoms with Gasteiger partial charge in [-0.25, -0.2) is 8.42 Å². The number of halogens is 1. The van der Waals surface area contributed by atoms with Gasteiger partial charge >= 0.3 is 0 Å². The molecule has 6 heteroatoms. The van der Waals surface area contributed by atoms with Crippen LogP contribution < -0.4 is 5.32 Å². The van der Waals surface area contributed by atoms with Gasteiger partial charge in [0.1, 0.15) is 5.88 Å². The molecule has 0 spiro atoms. The number of aryl methyl sites for hydroxylation is 1. The average molecular weight is 262 g/mol. The summed E-state index contributed by atoms with van der Waals surface area (Å²) in [5.74, 6) is -0.533. The first-order chi connectivity index (χ1) is 7.32. The lowest BCUT2D eigenvalue weighted by Gasteiger charge is -2.07. The van der Waals surface area contributed by atoms with E-state index in [4.69, 9.17) is 11.6 Å². The van der Waals surface area contributed by atoms with Crippen molar-refractivity contribution in [1.82, 2.24) is 0 Å². The predicted octanol–water partition coefficient (Wildman–Crippen LogP) is 1.58. The summed E-state index contributed by atoms with van der Waals surface area (Å²) >= 11 is 5.34. The fourth-order valence-corrected chi connectivity index (χ4v) is 2.04. The van der Waals surface area contributed by atoms with Crippen LogP contribution in [-0.2, 0) is 14.6 Å². The highest BCUT2D eigenvalue weighted by Crippen LogP contribution is 2.18. The Hall–Kier alpha value is -1.07. The normalized spacial score (nSPS) is 11.2. The molecular formula is C10H12ClNO3S. The Labute approximate surface area is 99.5 Å². The van der Waals surface area contributed by atoms with Gasteiger partial charge in [0, 0.05) is 11.9 Å². The van der Waals surface area contributed by atoms with Crippen LogP contribution in [0.3, 0.4) is 0 Å². The number of carbonyl (C=O) groups excluding carboxylic acids is 1. The number of anilines is 1. The van der Waals surface area contributed by atoms with E-state index in [2.05, 4.69) is 5.32 Å². The molecule has 1 amide bonds. The maximum Gasteiger partial charge on any atom is 0.239 e. The van der Waals surface area contributed by atoms with E-state index in [0.29, 0.717) is 5.69 Å². The van der Waals surface area contributed by atoms with Crippen molar-refractivity contribution in [3.05, 3.63) is 23.8 Å². The first-order valence-corrected chi connectivity index (χ1v) is 6.93. The van der Waals surface area contributed by atoms with E-state index in [9.17, 15) is 13.2 Å². The second-order valence-electron chi connectivity index (χ2n) is 3.49. The van der Waals surface area contributed by atoms with Crippen LogP contribution in [0.2, 0.25) is 0 Å². The van der Waals surface area contributed by atoms with Gasteiger partial charge in [0.2, 0.25) is 5.91 Å². The Balaban J connectivity index is 3.14. The number of nitrogens with one attached hydrogen (secondary N) is 1. The number of carbonyl (C=O) groups is 1. The van der Waals surface area contributed by atoms with Crippen LogP contribution in [-0.4, -0.2) is 26.5 Å². The molecular weight excluding hydrogens is 250 g/mol. The van der Waals surface area contributed by atoms with Gasteiger partial charge in [-0.2, -0.15) is 0 Å². The van der Waals surface area contributed by atoms with Crippen molar-refractivity contribution >= 4 is 33.0 Å². The molecule has 1 rings (SSSR count). The van der Waals surface area contributed by atoms with Gasteiger partial charge < -0.3 is 5.32 Å². The van der Waals surface area contributed by atoms with Crippen LogP contribution >= 0.6 is 11.6 Å². The minimum Gasteiger partial charge on any atom is -0.325 e. The Morgan fingerprint density at radius 3 is 2.50 bits per heavy atom. The van der Waals surface area contributed by atoms with Crippen molar-refractivity contribution in [2.45, 2.75) is 11.8 Å². The Morgan fingerprint density at radius 2 is 2.00 bits per heavy atom. The molecule has 1 aromatic rings. The summed E-state index contributed by atoms with van der Waals surface area (Å²) in [4.78, 5) is 11.2. The molecule has 0 atom stereocenters. The Kier molecular flexibility index (Phi) is 3.93. The van der Waals surface area contributed by atoms with E-state index in [1.807, 2.05) is 0 Å². The zero-order valence-corrected chi connectivity index (χ0v) is 10.5. The molecule has 0 heterocycles. The Morgan fingerprint density at radius 1 is 1.38 bits per heavy atom. The number of rotatable bonds is 3. The molecule has 4 nitrogen and oxygen atoms in total. The van der Waals surface area contributed by atoms with Gasteiger partial charge in [-0.1, -0.05) is 0 Å². The van der Waals surface area contributed by atoms with E-state index in [-0.39, 0.29) is 16.7 Å². The maximum atomic E-state index is 11.4. The second kappa shape index (κ2) is 4.84. The van der Waals surface area contributed by atoms with Crippen LogP contribution in [0.15, 0.2) is 23.1 Å². The van der Waals surface area contributed by atoms with Gasteiger partial charge in [-0.3, -0.25) is 4.79 Å². The fraction of sp³-hybridized carbons (Fsp3) is 0.300. The second-order valence-corrected chi connectivity index (χ2v) is 5.77. The van der Waals surface area contributed by atoms with E-state index < -0.39 is 9.84 Å². The maximum absolute atomic E-state index is 11.4. The molecule has 0 aliphatic carbocycles. The number of amides is 1. The molecule has 0 bridgehead atoms. The molecule has 0 saturated heterocycles. The summed E-state index contributed by atoms with van der Waals surface area (Å²) in [6, 6.07) is 4.64. The number of benzene rings is 1. The first kappa shape index (κ1) is 13.0. The van der Waals surface area contributed by atoms with E-state index in [1.165, 1.54) is 6.07 Å². The summed E-state index contributed by atoms with van der Waals surface area (Å²) in [5.41, 5.74) is 1.19. The summed E-state index contributed by atoms with van der Waals surface area (Å²) < 4.78 is 22.7. The van der Waals surface area contributed by atoms with Gasteiger partial charge in [0.15, 0.2) is 9.84 Å². The molecule has 0 radical (unpaired) electrons. The molecule has 88 valence electrons. The minimum absolute atomic E-state index is 0.165. The summed E-state index contributed by atoms with van der Waals surface area (Å²) in [7, 11) is -3.27. The standard InChI is InChI=1S/C10H12ClNO3S/c1-7-3-8(12-10(13)6-11)5-9(4-7)16(2,14)15/h3-5H,6H2,1-2H3,(H,12,13). The molecule has 16 heavy (non-hydrogen) atoms. The van der Waals surface area contributed by atoms with Crippen LogP contribution in [0.25, 0.3) is 0 Å². The molecule has 0 unspecified atom stereocenters. The van der Waals surface area contributed by atoms with Gasteiger partial charge in [-0.05, 0) is 30.7 Å². The van der Waals surface area contributed by atoms with Crippen molar-refractivity contribution in [2.75, 3.05) is 17.5 Å². The first-order valence-electron chi connectivity index (χ1n) is 4.50. The highest BCUT2D eigenvalue weighted by Gasteiger charge is 2.10. The summed E-state index contributed by atoms with van der Waals surface area (Å²) in [6.07, 6.45) is 1.12. The van der Waals surface area contributed by atoms with Crippen molar-refractivity contribution < 1.29 is 13.2 Å². The molecule has 0 aromatic heterocycles. The quantitative estimate of drug-likeness (QED) is 0.840. The lowest BCUT2D eigenvalue weighted by Crippen LogP contribution is -2.13. The number of hydrogen-bond acceptors (Lipinski definition) is 3. The molecule has 0 aliphatic rings. The molecule has 0 saturated carbocycles. The smallest absolute Gasteiger partial charge is 0.239 e. The van der Waals surface area contributed by atoms with E-state index in [1.54, 1.807) is 19.1 Å². The molecule has 1 N–H and O–H groups in total. The monoisotopic (exact) mass is 261 g/mol.